The van der Waals surface area contributed by atoms with Gasteiger partial charge >= 0.3 is 0 Å². The average Bonchev–Trinajstić information content (AvgIpc) is 2.03. The van der Waals surface area contributed by atoms with Gasteiger partial charge in [0.2, 0.25) is 0 Å². The summed E-state index contributed by atoms with van der Waals surface area (Å²) in [4.78, 5) is 0. The van der Waals surface area contributed by atoms with Gasteiger partial charge in [-0.25, -0.2) is 0 Å². The van der Waals surface area contributed by atoms with Crippen molar-refractivity contribution in [3.05, 3.63) is 0 Å². The minimum absolute atomic E-state index is 0.0369. The van der Waals surface area contributed by atoms with Gasteiger partial charge in [0, 0.05) is 6.61 Å². The van der Waals surface area contributed by atoms with Crippen LogP contribution in [0.15, 0.2) is 0 Å². The molecule has 0 aromatic heterocycles. The van der Waals surface area contributed by atoms with Crippen molar-refractivity contribution in [2.75, 3.05) is 6.61 Å². The van der Waals surface area contributed by atoms with Crippen LogP contribution in [0.5, 0.6) is 0 Å². The Labute approximate surface area is 81.0 Å². The van der Waals surface area contributed by atoms with Crippen LogP contribution < -0.4 is 0 Å². The van der Waals surface area contributed by atoms with Crippen LogP contribution in [0.1, 0.15) is 40.0 Å². The smallest absolute Gasteiger partial charge is 0.0576 e. The van der Waals surface area contributed by atoms with E-state index in [0.29, 0.717) is 11.8 Å². The summed E-state index contributed by atoms with van der Waals surface area (Å²) in [6.45, 7) is 6.59. The Balaban J connectivity index is 2.56. The molecule has 2 heteroatoms. The third kappa shape index (κ3) is 2.44. The van der Waals surface area contributed by atoms with Gasteiger partial charge in [0.05, 0.1) is 6.10 Å². The lowest BCUT2D eigenvalue weighted by molar-refractivity contribution is -0.0311. The highest BCUT2D eigenvalue weighted by Gasteiger charge is 2.37. The predicted octanol–water partition coefficient (Wildman–Crippen LogP) is 1.80. The molecule has 1 aliphatic carbocycles. The van der Waals surface area contributed by atoms with E-state index in [4.69, 9.17) is 0 Å². The van der Waals surface area contributed by atoms with Crippen LogP contribution in [0.3, 0.4) is 0 Å². The van der Waals surface area contributed by atoms with Crippen LogP contribution in [0.4, 0.5) is 0 Å². The van der Waals surface area contributed by atoms with Crippen molar-refractivity contribution in [3.63, 3.8) is 0 Å². The molecule has 1 fully saturated rings. The predicted molar refractivity (Wildman–Crippen MR) is 53.4 cm³/mol. The molecule has 2 N–H and O–H groups in total. The zero-order valence-corrected chi connectivity index (χ0v) is 8.95. The van der Waals surface area contributed by atoms with Crippen LogP contribution in [0.25, 0.3) is 0 Å². The lowest BCUT2D eigenvalue weighted by Crippen LogP contribution is -2.39. The van der Waals surface area contributed by atoms with Gasteiger partial charge in [0.1, 0.15) is 0 Å². The van der Waals surface area contributed by atoms with E-state index >= 15 is 0 Å². The Kier molecular flexibility index (Phi) is 3.36. The molecule has 0 saturated heterocycles. The van der Waals surface area contributed by atoms with E-state index in [1.165, 1.54) is 0 Å². The SMILES string of the molecule is CC(C)[C@H]1CC[C@](C)(CO)C[C@@H]1O. The third-order valence-electron chi connectivity index (χ3n) is 3.52. The van der Waals surface area contributed by atoms with E-state index in [1.54, 1.807) is 0 Å². The Bertz CT molecular complexity index is 167. The topological polar surface area (TPSA) is 40.5 Å². The summed E-state index contributed by atoms with van der Waals surface area (Å²) in [7, 11) is 0. The number of aliphatic hydroxyl groups is 2. The summed E-state index contributed by atoms with van der Waals surface area (Å²) < 4.78 is 0. The minimum Gasteiger partial charge on any atom is -0.396 e. The van der Waals surface area contributed by atoms with Crippen LogP contribution in [0, 0.1) is 17.3 Å². The van der Waals surface area contributed by atoms with Crippen molar-refractivity contribution in [1.82, 2.24) is 0 Å². The maximum atomic E-state index is 9.89. The van der Waals surface area contributed by atoms with Crippen LogP contribution in [0.2, 0.25) is 0 Å². The molecule has 0 spiro atoms. The number of hydrogen-bond donors (Lipinski definition) is 2. The lowest BCUT2D eigenvalue weighted by atomic mass is 9.68. The summed E-state index contributed by atoms with van der Waals surface area (Å²) in [6.07, 6.45) is 2.64. The van der Waals surface area contributed by atoms with E-state index in [1.807, 2.05) is 0 Å². The molecule has 1 rings (SSSR count). The van der Waals surface area contributed by atoms with Crippen molar-refractivity contribution >= 4 is 0 Å². The molecule has 1 saturated carbocycles. The summed E-state index contributed by atoms with van der Waals surface area (Å²) in [6, 6.07) is 0. The molecule has 0 aromatic rings. The van der Waals surface area contributed by atoms with Crippen molar-refractivity contribution in [1.29, 1.82) is 0 Å². The molecule has 78 valence electrons. The molecule has 0 bridgehead atoms. The average molecular weight is 186 g/mol. The monoisotopic (exact) mass is 186 g/mol. The summed E-state index contributed by atoms with van der Waals surface area (Å²) in [5, 5.41) is 19.1. The van der Waals surface area contributed by atoms with Gasteiger partial charge in [0.15, 0.2) is 0 Å². The first kappa shape index (κ1) is 11.0. The maximum Gasteiger partial charge on any atom is 0.0576 e. The summed E-state index contributed by atoms with van der Waals surface area (Å²) in [5.74, 6) is 0.984. The number of hydrogen-bond acceptors (Lipinski definition) is 2. The molecule has 3 atom stereocenters. The molecule has 0 heterocycles. The molecule has 2 nitrogen and oxygen atoms in total. The lowest BCUT2D eigenvalue weighted by Gasteiger charge is -2.41. The second-order valence-electron chi connectivity index (χ2n) is 5.19. The zero-order valence-electron chi connectivity index (χ0n) is 8.95. The van der Waals surface area contributed by atoms with E-state index in [-0.39, 0.29) is 18.1 Å². The van der Waals surface area contributed by atoms with Crippen molar-refractivity contribution in [3.8, 4) is 0 Å². The fourth-order valence-electron chi connectivity index (χ4n) is 2.39. The van der Waals surface area contributed by atoms with E-state index in [9.17, 15) is 10.2 Å². The van der Waals surface area contributed by atoms with Gasteiger partial charge < -0.3 is 10.2 Å². The first-order valence-corrected chi connectivity index (χ1v) is 5.27. The fraction of sp³-hybridized carbons (Fsp3) is 1.00. The largest absolute Gasteiger partial charge is 0.396 e. The molecule has 0 aromatic carbocycles. The molecule has 0 radical (unpaired) electrons. The van der Waals surface area contributed by atoms with Crippen molar-refractivity contribution in [2.24, 2.45) is 17.3 Å². The Morgan fingerprint density at radius 2 is 2.08 bits per heavy atom. The van der Waals surface area contributed by atoms with E-state index in [0.717, 1.165) is 19.3 Å². The Morgan fingerprint density at radius 1 is 1.46 bits per heavy atom. The quantitative estimate of drug-likeness (QED) is 0.690. The molecule has 13 heavy (non-hydrogen) atoms. The molecule has 0 amide bonds. The molecule has 1 aliphatic rings. The number of aliphatic hydroxyl groups excluding tert-OH is 2. The molecular formula is C11H22O2. The number of rotatable bonds is 2. The first-order valence-electron chi connectivity index (χ1n) is 5.27. The van der Waals surface area contributed by atoms with Crippen LogP contribution >= 0.6 is 0 Å². The summed E-state index contributed by atoms with van der Waals surface area (Å²) >= 11 is 0. The second kappa shape index (κ2) is 3.97. The minimum atomic E-state index is -0.217. The van der Waals surface area contributed by atoms with Gasteiger partial charge in [0.25, 0.3) is 0 Å². The normalized spacial score (nSPS) is 41.1. The van der Waals surface area contributed by atoms with Gasteiger partial charge in [-0.1, -0.05) is 20.8 Å². The standard InChI is InChI=1S/C11H22O2/c1-8(2)9-4-5-11(3,7-12)6-10(9)13/h8-10,12-13H,4-7H2,1-3H3/t9-,10+,11+/m1/s1. The van der Waals surface area contributed by atoms with E-state index in [2.05, 4.69) is 20.8 Å². The van der Waals surface area contributed by atoms with Crippen molar-refractivity contribution < 1.29 is 10.2 Å². The second-order valence-corrected chi connectivity index (χ2v) is 5.19. The van der Waals surface area contributed by atoms with Gasteiger partial charge in [-0.2, -0.15) is 0 Å². The summed E-state index contributed by atoms with van der Waals surface area (Å²) in [5.41, 5.74) is -0.0369. The zero-order chi connectivity index (χ0) is 10.1. The highest BCUT2D eigenvalue weighted by atomic mass is 16.3. The molecule has 0 aliphatic heterocycles. The Hall–Kier alpha value is -0.0800. The third-order valence-corrected chi connectivity index (χ3v) is 3.52. The van der Waals surface area contributed by atoms with Gasteiger partial charge in [-0.3, -0.25) is 0 Å². The van der Waals surface area contributed by atoms with E-state index < -0.39 is 0 Å². The van der Waals surface area contributed by atoms with Gasteiger partial charge in [-0.05, 0) is 36.5 Å². The van der Waals surface area contributed by atoms with Crippen LogP contribution in [-0.4, -0.2) is 22.9 Å². The van der Waals surface area contributed by atoms with Crippen molar-refractivity contribution in [2.45, 2.75) is 46.1 Å². The highest BCUT2D eigenvalue weighted by molar-refractivity contribution is 4.88. The highest BCUT2D eigenvalue weighted by Crippen LogP contribution is 2.40. The molecular weight excluding hydrogens is 164 g/mol. The molecule has 0 unspecified atom stereocenters. The van der Waals surface area contributed by atoms with Gasteiger partial charge in [-0.15, -0.1) is 0 Å². The Morgan fingerprint density at radius 3 is 2.46 bits per heavy atom. The van der Waals surface area contributed by atoms with Crippen LogP contribution in [-0.2, 0) is 0 Å². The maximum absolute atomic E-state index is 9.89. The fourth-order valence-corrected chi connectivity index (χ4v) is 2.39. The first-order chi connectivity index (χ1) is 5.98.